The predicted octanol–water partition coefficient (Wildman–Crippen LogP) is 4.70. The van der Waals surface area contributed by atoms with Gasteiger partial charge in [0.2, 0.25) is 11.8 Å². The van der Waals surface area contributed by atoms with Crippen molar-refractivity contribution >= 4 is 11.0 Å². The molecule has 0 aliphatic carbocycles. The zero-order valence-electron chi connectivity index (χ0n) is 14.7. The fourth-order valence-corrected chi connectivity index (χ4v) is 3.16. The molecule has 3 aromatic heterocycles. The monoisotopic (exact) mass is 356 g/mol. The first-order valence-corrected chi connectivity index (χ1v) is 8.65. The number of fused-ring (bicyclic) bond motifs is 1. The van der Waals surface area contributed by atoms with Gasteiger partial charge in [0.15, 0.2) is 0 Å². The van der Waals surface area contributed by atoms with Crippen molar-refractivity contribution in [1.82, 2.24) is 20.0 Å². The molecule has 0 amide bonds. The molecule has 0 aliphatic heterocycles. The number of nitrogens with zero attached hydrogens (tertiary/aromatic N) is 4. The summed E-state index contributed by atoms with van der Waals surface area (Å²) in [6.07, 6.45) is 5.65. The molecule has 0 aliphatic rings. The first-order chi connectivity index (χ1) is 13.3. The van der Waals surface area contributed by atoms with Crippen LogP contribution in [0.1, 0.15) is 11.5 Å². The van der Waals surface area contributed by atoms with Crippen LogP contribution in [0.3, 0.4) is 0 Å². The molecular weight excluding hydrogens is 340 g/mol. The molecule has 6 heteroatoms. The zero-order valence-corrected chi connectivity index (χ0v) is 14.7. The number of hydrogen-bond donors (Lipinski definition) is 0. The van der Waals surface area contributed by atoms with Crippen LogP contribution in [0, 0.1) is 6.92 Å². The van der Waals surface area contributed by atoms with Crippen molar-refractivity contribution in [3.8, 4) is 22.6 Å². The number of aryl methyl sites for hydroxylation is 1. The Hall–Kier alpha value is -3.67. The quantitative estimate of drug-likeness (QED) is 0.467. The van der Waals surface area contributed by atoms with Crippen LogP contribution in [-0.2, 0) is 6.54 Å². The summed E-state index contributed by atoms with van der Waals surface area (Å²) in [6, 6.07) is 16.1. The van der Waals surface area contributed by atoms with Gasteiger partial charge >= 0.3 is 0 Å². The van der Waals surface area contributed by atoms with E-state index in [-0.39, 0.29) is 0 Å². The summed E-state index contributed by atoms with van der Waals surface area (Å²) in [5.41, 5.74) is 4.87. The van der Waals surface area contributed by atoms with Gasteiger partial charge in [-0.1, -0.05) is 30.3 Å². The van der Waals surface area contributed by atoms with E-state index in [0.29, 0.717) is 11.8 Å². The fraction of sp³-hybridized carbons (Fsp3) is 0.0952. The Balaban J connectivity index is 1.51. The highest BCUT2D eigenvalue weighted by Crippen LogP contribution is 2.33. The van der Waals surface area contributed by atoms with Gasteiger partial charge in [-0.05, 0) is 23.8 Å². The van der Waals surface area contributed by atoms with E-state index >= 15 is 0 Å². The van der Waals surface area contributed by atoms with Crippen molar-refractivity contribution in [3.63, 3.8) is 0 Å². The minimum absolute atomic E-state index is 0.501. The topological polar surface area (TPSA) is 69.9 Å². The zero-order chi connectivity index (χ0) is 18.2. The summed E-state index contributed by atoms with van der Waals surface area (Å²) in [6.45, 7) is 2.50. The van der Waals surface area contributed by atoms with Crippen LogP contribution >= 0.6 is 0 Å². The van der Waals surface area contributed by atoms with Crippen LogP contribution in [0.15, 0.2) is 76.0 Å². The lowest BCUT2D eigenvalue weighted by molar-refractivity contribution is 0.533. The molecule has 0 unspecified atom stereocenters. The molecule has 0 atom stereocenters. The van der Waals surface area contributed by atoms with Gasteiger partial charge in [-0.15, -0.1) is 10.2 Å². The van der Waals surface area contributed by atoms with Gasteiger partial charge in [-0.3, -0.25) is 4.68 Å². The second-order valence-corrected chi connectivity index (χ2v) is 6.40. The lowest BCUT2D eigenvalue weighted by Crippen LogP contribution is -1.99. The Labute approximate surface area is 155 Å². The summed E-state index contributed by atoms with van der Waals surface area (Å²) in [5.74, 6) is 1.04. The number of hydrogen-bond acceptors (Lipinski definition) is 5. The van der Waals surface area contributed by atoms with E-state index in [1.54, 1.807) is 13.2 Å². The van der Waals surface area contributed by atoms with Gasteiger partial charge in [0.05, 0.1) is 19.0 Å². The van der Waals surface area contributed by atoms with Crippen LogP contribution in [0.25, 0.3) is 33.6 Å². The smallest absolute Gasteiger partial charge is 0.247 e. The number of furan rings is 1. The Morgan fingerprint density at radius 1 is 1.00 bits per heavy atom. The SMILES string of the molecule is Cc1nnc(-c2ccc3occ(-c4cnn(Cc5ccccc5)c4)c3c2)o1. The van der Waals surface area contributed by atoms with Gasteiger partial charge in [-0.25, -0.2) is 0 Å². The molecule has 132 valence electrons. The number of rotatable bonds is 4. The highest BCUT2D eigenvalue weighted by atomic mass is 16.4. The van der Waals surface area contributed by atoms with E-state index in [1.165, 1.54) is 5.56 Å². The molecule has 0 saturated heterocycles. The second kappa shape index (κ2) is 6.25. The van der Waals surface area contributed by atoms with Crippen molar-refractivity contribution in [2.24, 2.45) is 0 Å². The van der Waals surface area contributed by atoms with Crippen LogP contribution in [0.2, 0.25) is 0 Å². The molecule has 27 heavy (non-hydrogen) atoms. The van der Waals surface area contributed by atoms with Crippen molar-refractivity contribution in [2.45, 2.75) is 13.5 Å². The van der Waals surface area contributed by atoms with Crippen LogP contribution in [0.4, 0.5) is 0 Å². The lowest BCUT2D eigenvalue weighted by atomic mass is 10.1. The Morgan fingerprint density at radius 2 is 1.89 bits per heavy atom. The second-order valence-electron chi connectivity index (χ2n) is 6.40. The molecule has 0 N–H and O–H groups in total. The van der Waals surface area contributed by atoms with Gasteiger partial charge in [0.1, 0.15) is 5.58 Å². The number of aromatic nitrogens is 4. The average molecular weight is 356 g/mol. The minimum atomic E-state index is 0.501. The van der Waals surface area contributed by atoms with Crippen LogP contribution in [-0.4, -0.2) is 20.0 Å². The summed E-state index contributed by atoms with van der Waals surface area (Å²) in [5, 5.41) is 13.5. The van der Waals surface area contributed by atoms with Crippen molar-refractivity contribution in [2.75, 3.05) is 0 Å². The predicted molar refractivity (Wildman–Crippen MR) is 101 cm³/mol. The highest BCUT2D eigenvalue weighted by molar-refractivity contribution is 5.95. The fourth-order valence-electron chi connectivity index (χ4n) is 3.16. The van der Waals surface area contributed by atoms with E-state index in [9.17, 15) is 0 Å². The molecule has 5 aromatic rings. The van der Waals surface area contributed by atoms with Gasteiger partial charge in [-0.2, -0.15) is 5.10 Å². The van der Waals surface area contributed by atoms with E-state index in [4.69, 9.17) is 8.83 Å². The Kier molecular flexibility index (Phi) is 3.60. The molecule has 2 aromatic carbocycles. The molecule has 5 rings (SSSR count). The standard InChI is InChI=1S/C21H16N4O2/c1-14-23-24-21(27-14)16-7-8-20-18(9-16)19(13-26-20)17-10-22-25(12-17)11-15-5-3-2-4-6-15/h2-10,12-13H,11H2,1H3. The normalized spacial score (nSPS) is 11.3. The molecular formula is C21H16N4O2. The van der Waals surface area contributed by atoms with E-state index in [0.717, 1.165) is 34.2 Å². The van der Waals surface area contributed by atoms with Gasteiger partial charge in [0, 0.05) is 35.2 Å². The summed E-state index contributed by atoms with van der Waals surface area (Å²) >= 11 is 0. The largest absolute Gasteiger partial charge is 0.464 e. The Morgan fingerprint density at radius 3 is 2.70 bits per heavy atom. The number of benzene rings is 2. The summed E-state index contributed by atoms with van der Waals surface area (Å²) < 4.78 is 13.2. The van der Waals surface area contributed by atoms with Crippen molar-refractivity contribution in [3.05, 3.63) is 78.6 Å². The van der Waals surface area contributed by atoms with Crippen LogP contribution in [0.5, 0.6) is 0 Å². The van der Waals surface area contributed by atoms with Gasteiger partial charge in [0.25, 0.3) is 0 Å². The molecule has 0 bridgehead atoms. The third-order valence-electron chi connectivity index (χ3n) is 4.48. The summed E-state index contributed by atoms with van der Waals surface area (Å²) in [7, 11) is 0. The lowest BCUT2D eigenvalue weighted by Gasteiger charge is -2.00. The van der Waals surface area contributed by atoms with Crippen LogP contribution < -0.4 is 0 Å². The molecule has 0 saturated carbocycles. The summed E-state index contributed by atoms with van der Waals surface area (Å²) in [4.78, 5) is 0. The molecule has 0 fully saturated rings. The Bertz CT molecular complexity index is 1220. The maximum atomic E-state index is 5.72. The third kappa shape index (κ3) is 2.91. The van der Waals surface area contributed by atoms with E-state index < -0.39 is 0 Å². The first-order valence-electron chi connectivity index (χ1n) is 8.65. The maximum absolute atomic E-state index is 5.72. The van der Waals surface area contributed by atoms with E-state index in [1.807, 2.05) is 53.5 Å². The van der Waals surface area contributed by atoms with E-state index in [2.05, 4.69) is 27.4 Å². The minimum Gasteiger partial charge on any atom is -0.464 e. The van der Waals surface area contributed by atoms with Crippen molar-refractivity contribution < 1.29 is 8.83 Å². The average Bonchev–Trinajstić information content (AvgIpc) is 3.41. The highest BCUT2D eigenvalue weighted by Gasteiger charge is 2.13. The molecule has 0 spiro atoms. The first kappa shape index (κ1) is 15.6. The molecule has 6 nitrogen and oxygen atoms in total. The maximum Gasteiger partial charge on any atom is 0.247 e. The van der Waals surface area contributed by atoms with Crippen molar-refractivity contribution in [1.29, 1.82) is 0 Å². The molecule has 3 heterocycles. The molecule has 0 radical (unpaired) electrons. The van der Waals surface area contributed by atoms with Gasteiger partial charge < -0.3 is 8.83 Å². The third-order valence-corrected chi connectivity index (χ3v) is 4.48.